The Hall–Kier alpha value is -6.06. The number of carbonyl (C=O) groups is 4. The third-order valence-corrected chi connectivity index (χ3v) is 12.7. The molecule has 5 aromatic rings. The molecule has 4 atom stereocenters. The summed E-state index contributed by atoms with van der Waals surface area (Å²) in [6.07, 6.45) is 9.58. The smallest absolute Gasteiger partial charge is 0.407 e. The van der Waals surface area contributed by atoms with Crippen molar-refractivity contribution in [2.24, 2.45) is 11.8 Å². The monoisotopic (exact) mass is 788 g/mol. The highest BCUT2D eigenvalue weighted by Crippen LogP contribution is 2.38. The van der Waals surface area contributed by atoms with Crippen molar-refractivity contribution < 1.29 is 28.7 Å². The molecule has 2 saturated heterocycles. The number of ether oxygens (including phenoxy) is 2. The highest BCUT2D eigenvalue weighted by atomic mass is 16.5. The molecule has 2 aromatic carbocycles. The Morgan fingerprint density at radius 2 is 1.31 bits per heavy atom. The van der Waals surface area contributed by atoms with E-state index >= 15 is 0 Å². The van der Waals surface area contributed by atoms with E-state index in [2.05, 4.69) is 30.8 Å². The van der Waals surface area contributed by atoms with Crippen molar-refractivity contribution in [2.45, 2.75) is 88.4 Å². The number of nitrogens with zero attached hydrogens (tertiary/aromatic N) is 6. The molecular formula is C42H48N10O6. The molecule has 2 aliphatic heterocycles. The van der Waals surface area contributed by atoms with Crippen molar-refractivity contribution in [3.63, 3.8) is 0 Å². The molecule has 0 radical (unpaired) electrons. The molecule has 0 bridgehead atoms. The Kier molecular flexibility index (Phi) is 10.2. The van der Waals surface area contributed by atoms with Crippen LogP contribution in [0.5, 0.6) is 0 Å². The Bertz CT molecular complexity index is 2370. The predicted octanol–water partition coefficient (Wildman–Crippen LogP) is 5.94. The lowest BCUT2D eigenvalue weighted by atomic mass is 9.79. The summed E-state index contributed by atoms with van der Waals surface area (Å²) in [5, 5.41) is 15.7. The molecule has 302 valence electrons. The minimum absolute atomic E-state index is 0.0859. The van der Waals surface area contributed by atoms with Crippen molar-refractivity contribution in [2.75, 3.05) is 27.3 Å². The van der Waals surface area contributed by atoms with Crippen molar-refractivity contribution in [1.82, 2.24) is 50.6 Å². The highest BCUT2D eigenvalue weighted by Gasteiger charge is 2.43. The number of hydrogen-bond donors (Lipinski definition) is 4. The van der Waals surface area contributed by atoms with Gasteiger partial charge in [0.2, 0.25) is 11.8 Å². The summed E-state index contributed by atoms with van der Waals surface area (Å²) < 4.78 is 9.66. The van der Waals surface area contributed by atoms with Crippen LogP contribution in [0.15, 0.2) is 48.7 Å². The number of methoxy groups -OCH3 is 2. The van der Waals surface area contributed by atoms with Gasteiger partial charge in [0.25, 0.3) is 0 Å². The summed E-state index contributed by atoms with van der Waals surface area (Å²) >= 11 is 0. The molecule has 16 heteroatoms. The molecule has 4 fully saturated rings. The van der Waals surface area contributed by atoms with Gasteiger partial charge < -0.3 is 39.9 Å². The van der Waals surface area contributed by atoms with Crippen LogP contribution in [0.25, 0.3) is 44.5 Å². The third kappa shape index (κ3) is 7.08. The van der Waals surface area contributed by atoms with Gasteiger partial charge in [-0.15, -0.1) is 10.2 Å². The molecule has 5 heterocycles. The van der Waals surface area contributed by atoms with E-state index in [4.69, 9.17) is 19.4 Å². The van der Waals surface area contributed by atoms with Crippen LogP contribution >= 0.6 is 0 Å². The van der Waals surface area contributed by atoms with Gasteiger partial charge in [0.05, 0.1) is 60.4 Å². The number of carbonyl (C=O) groups excluding carboxylic acids is 4. The normalized spacial score (nSPS) is 20.7. The van der Waals surface area contributed by atoms with Crippen molar-refractivity contribution in [1.29, 1.82) is 0 Å². The van der Waals surface area contributed by atoms with Crippen LogP contribution in [0.4, 0.5) is 9.59 Å². The SMILES string of the molecule is COC(=O)N[C@H](C(=O)N1CCC[C@H]1c1ncc(-c2ccc3cc(-c4ccc5nc([C@@H]6CCCN6C(=O)[C@@H](NC(=O)OC)C6CCC6)[nH]c5c4)nnc3c2)[nH]1)C1CCC1. The summed E-state index contributed by atoms with van der Waals surface area (Å²) in [5.41, 5.74) is 5.65. The lowest BCUT2D eigenvalue weighted by molar-refractivity contribution is -0.137. The number of alkyl carbamates (subject to hydrolysis) is 2. The van der Waals surface area contributed by atoms with Crippen LogP contribution in [0.1, 0.15) is 87.9 Å². The van der Waals surface area contributed by atoms with E-state index in [0.29, 0.717) is 24.6 Å². The van der Waals surface area contributed by atoms with Crippen LogP contribution < -0.4 is 10.6 Å². The summed E-state index contributed by atoms with van der Waals surface area (Å²) in [6, 6.07) is 12.3. The molecule has 9 rings (SSSR count). The Labute approximate surface area is 334 Å². The first-order valence-corrected chi connectivity index (χ1v) is 20.4. The van der Waals surface area contributed by atoms with Crippen molar-refractivity contribution in [3.05, 3.63) is 60.3 Å². The van der Waals surface area contributed by atoms with Crippen LogP contribution in [0.3, 0.4) is 0 Å². The molecule has 58 heavy (non-hydrogen) atoms. The van der Waals surface area contributed by atoms with Gasteiger partial charge in [-0.25, -0.2) is 19.6 Å². The zero-order valence-electron chi connectivity index (χ0n) is 32.7. The summed E-state index contributed by atoms with van der Waals surface area (Å²) in [5.74, 6) is 1.49. The second-order valence-electron chi connectivity index (χ2n) is 16.0. The average Bonchev–Trinajstić information content (AvgIpc) is 4.04. The minimum Gasteiger partial charge on any atom is -0.453 e. The molecule has 0 spiro atoms. The van der Waals surface area contributed by atoms with E-state index in [0.717, 1.165) is 109 Å². The molecule has 2 saturated carbocycles. The quantitative estimate of drug-likeness (QED) is 0.131. The van der Waals surface area contributed by atoms with Crippen molar-refractivity contribution >= 4 is 45.9 Å². The molecule has 16 nitrogen and oxygen atoms in total. The minimum atomic E-state index is -0.606. The number of benzene rings is 2. The maximum Gasteiger partial charge on any atom is 0.407 e. The van der Waals surface area contributed by atoms with E-state index in [-0.39, 0.29) is 35.7 Å². The number of likely N-dealkylation sites (tertiary alicyclic amines) is 2. The number of aromatic nitrogens is 6. The Morgan fingerprint density at radius 1 is 0.690 bits per heavy atom. The first-order valence-electron chi connectivity index (χ1n) is 20.4. The number of rotatable bonds is 10. The second-order valence-corrected chi connectivity index (χ2v) is 16.0. The Balaban J connectivity index is 0.903. The zero-order valence-corrected chi connectivity index (χ0v) is 32.7. The lowest BCUT2D eigenvalue weighted by Gasteiger charge is -2.36. The molecular weight excluding hydrogens is 741 g/mol. The number of amides is 4. The van der Waals surface area contributed by atoms with Crippen molar-refractivity contribution in [3.8, 4) is 22.5 Å². The number of hydrogen-bond acceptors (Lipinski definition) is 10. The second kappa shape index (κ2) is 15.7. The maximum atomic E-state index is 13.8. The van der Waals surface area contributed by atoms with Crippen LogP contribution in [-0.4, -0.2) is 103 Å². The number of aromatic amines is 2. The fraction of sp³-hybridized carbons (Fsp3) is 0.476. The largest absolute Gasteiger partial charge is 0.453 e. The lowest BCUT2D eigenvalue weighted by Crippen LogP contribution is -2.53. The molecule has 4 amide bonds. The van der Waals surface area contributed by atoms with Gasteiger partial charge in [-0.2, -0.15) is 0 Å². The summed E-state index contributed by atoms with van der Waals surface area (Å²) in [4.78, 5) is 72.1. The van der Waals surface area contributed by atoms with Crippen LogP contribution in [0, 0.1) is 11.8 Å². The van der Waals surface area contributed by atoms with Gasteiger partial charge in [-0.3, -0.25) is 9.59 Å². The van der Waals surface area contributed by atoms with E-state index in [1.165, 1.54) is 14.2 Å². The Morgan fingerprint density at radius 3 is 1.91 bits per heavy atom. The van der Waals surface area contributed by atoms with Gasteiger partial charge in [0.1, 0.15) is 23.7 Å². The van der Waals surface area contributed by atoms with Gasteiger partial charge >= 0.3 is 12.2 Å². The predicted molar refractivity (Wildman–Crippen MR) is 213 cm³/mol. The van der Waals surface area contributed by atoms with Gasteiger partial charge in [-0.1, -0.05) is 31.0 Å². The maximum absolute atomic E-state index is 13.8. The van der Waals surface area contributed by atoms with E-state index in [1.54, 1.807) is 6.20 Å². The summed E-state index contributed by atoms with van der Waals surface area (Å²) in [7, 11) is 2.63. The third-order valence-electron chi connectivity index (χ3n) is 12.7. The average molecular weight is 789 g/mol. The molecule has 4 N–H and O–H groups in total. The van der Waals surface area contributed by atoms with Crippen LogP contribution in [-0.2, 0) is 19.1 Å². The van der Waals surface area contributed by atoms with E-state index in [1.807, 2.05) is 52.3 Å². The van der Waals surface area contributed by atoms with Crippen LogP contribution in [0.2, 0.25) is 0 Å². The fourth-order valence-electron chi connectivity index (χ4n) is 9.01. The first kappa shape index (κ1) is 37.5. The topological polar surface area (TPSA) is 200 Å². The fourth-order valence-corrected chi connectivity index (χ4v) is 9.01. The molecule has 0 unspecified atom stereocenters. The highest BCUT2D eigenvalue weighted by molar-refractivity contribution is 5.89. The zero-order chi connectivity index (χ0) is 39.9. The van der Waals surface area contributed by atoms with Gasteiger partial charge in [0, 0.05) is 29.6 Å². The first-order chi connectivity index (χ1) is 28.3. The molecule has 3 aromatic heterocycles. The molecule has 2 aliphatic carbocycles. The number of imidazole rings is 2. The number of nitrogens with one attached hydrogen (secondary N) is 4. The number of fused-ring (bicyclic) bond motifs is 2. The molecule has 4 aliphatic rings. The number of H-pyrrole nitrogens is 2. The van der Waals surface area contributed by atoms with E-state index in [9.17, 15) is 19.2 Å². The standard InChI is InChI=1S/C42H48N10O6/c1-57-41(55)47-35(23-7-3-8-23)39(53)51-17-5-11-33(51)37-43-22-32(46-37)27-14-13-25-19-29(49-50-30(25)20-27)26-15-16-28-31(21-26)45-38(44-28)34-12-6-18-52(34)40(54)36(24-9-4-10-24)48-42(56)58-2/h13-16,19-24,33-36H,3-12,17-18H2,1-2H3,(H,43,46)(H,44,45)(H,47,55)(H,48,56)/t33-,34-,35-,36-/m0/s1. The van der Waals surface area contributed by atoms with E-state index < -0.39 is 24.3 Å². The summed E-state index contributed by atoms with van der Waals surface area (Å²) in [6.45, 7) is 1.21. The van der Waals surface area contributed by atoms with Gasteiger partial charge in [0.15, 0.2) is 0 Å². The van der Waals surface area contributed by atoms with Gasteiger partial charge in [-0.05, 0) is 87.5 Å².